The molecule has 0 fully saturated rings. The molecule has 0 aliphatic carbocycles. The maximum absolute atomic E-state index is 12.0. The van der Waals surface area contributed by atoms with Gasteiger partial charge in [-0.25, -0.2) is 9.86 Å². The molecule has 0 spiro atoms. The van der Waals surface area contributed by atoms with E-state index in [0.29, 0.717) is 27.4 Å². The molecule has 0 aliphatic heterocycles. The number of aromatic carboxylic acids is 1. The molecule has 4 rings (SSSR count). The van der Waals surface area contributed by atoms with Crippen molar-refractivity contribution < 1.29 is 24.3 Å². The number of amides is 1. The van der Waals surface area contributed by atoms with Gasteiger partial charge in [0.1, 0.15) is 0 Å². The van der Waals surface area contributed by atoms with Crippen LogP contribution in [0.1, 0.15) is 35.1 Å². The first kappa shape index (κ1) is 33.0. The topological polar surface area (TPSA) is 142 Å². The summed E-state index contributed by atoms with van der Waals surface area (Å²) in [5.41, 5.74) is 0.820. The van der Waals surface area contributed by atoms with E-state index in [0.717, 1.165) is 17.7 Å². The molecular weight excluding hydrogens is 502 g/mol. The molecule has 0 unspecified atom stereocenters. The second-order valence-corrected chi connectivity index (χ2v) is 7.05. The molecule has 10 nitrogen and oxygen atoms in total. The van der Waals surface area contributed by atoms with Crippen molar-refractivity contribution in [1.82, 2.24) is 15.0 Å². The van der Waals surface area contributed by atoms with Gasteiger partial charge in [0.05, 0.1) is 18.2 Å². The lowest BCUT2D eigenvalue weighted by Gasteiger charge is -2.14. The van der Waals surface area contributed by atoms with Crippen LogP contribution in [0.3, 0.4) is 0 Å². The standard InChI is InChI=1S/C12H12N2O3.C10H7NO3.C3H8O.CH4.ClH/c1-14(17-2)12(16)9-7-11(15)13-10-6-4-3-5-8(9)10;12-9-5-7(10(13)14)6-3-1-2-4-8(6)11-9;1-3-4-2;;/h3-7H,1-2H3,(H,13,15);1-5H,(H,11,12)(H,13,14);3H2,1-2H3;1H4;1H. The van der Waals surface area contributed by atoms with Crippen LogP contribution in [0.4, 0.5) is 0 Å². The zero-order valence-corrected chi connectivity index (χ0v) is 21.0. The van der Waals surface area contributed by atoms with Crippen LogP contribution in [0, 0.1) is 0 Å². The van der Waals surface area contributed by atoms with E-state index in [4.69, 9.17) is 9.94 Å². The van der Waals surface area contributed by atoms with Crippen molar-refractivity contribution in [1.29, 1.82) is 0 Å². The summed E-state index contributed by atoms with van der Waals surface area (Å²) < 4.78 is 4.54. The minimum Gasteiger partial charge on any atom is -0.478 e. The van der Waals surface area contributed by atoms with Crippen LogP contribution in [0.15, 0.2) is 70.3 Å². The van der Waals surface area contributed by atoms with Crippen LogP contribution in [0.5, 0.6) is 0 Å². The number of aromatic nitrogens is 2. The van der Waals surface area contributed by atoms with Gasteiger partial charge in [0, 0.05) is 54.7 Å². The Labute approximate surface area is 220 Å². The Morgan fingerprint density at radius 3 is 1.68 bits per heavy atom. The normalized spacial score (nSPS) is 9.51. The molecule has 1 amide bonds. The third kappa shape index (κ3) is 8.87. The Kier molecular flexibility index (Phi) is 14.2. The van der Waals surface area contributed by atoms with E-state index in [1.54, 1.807) is 49.6 Å². The molecule has 4 aromatic rings. The van der Waals surface area contributed by atoms with Gasteiger partial charge < -0.3 is 19.8 Å². The minimum atomic E-state index is -1.09. The van der Waals surface area contributed by atoms with Crippen molar-refractivity contribution in [2.45, 2.75) is 14.4 Å². The number of carbonyl (C=O) groups excluding carboxylic acids is 1. The highest BCUT2D eigenvalue weighted by Crippen LogP contribution is 2.16. The van der Waals surface area contributed by atoms with E-state index in [2.05, 4.69) is 14.7 Å². The Balaban J connectivity index is 0.000000592. The fraction of sp³-hybridized carbons (Fsp3) is 0.231. The smallest absolute Gasteiger partial charge is 0.336 e. The molecule has 0 aliphatic rings. The molecule has 0 saturated heterocycles. The van der Waals surface area contributed by atoms with Gasteiger partial charge in [-0.1, -0.05) is 43.8 Å². The first-order valence-corrected chi connectivity index (χ1v) is 10.5. The SMILES string of the molecule is C.CCOC.CON(C)C(=O)c1cc(=O)[nH]c2ccccc12.Cl.O=C(O)c1cc(=O)[nH]c2ccccc12. The maximum Gasteiger partial charge on any atom is 0.336 e. The number of aromatic amines is 2. The Morgan fingerprint density at radius 2 is 1.27 bits per heavy atom. The first-order valence-electron chi connectivity index (χ1n) is 10.5. The van der Waals surface area contributed by atoms with Crippen molar-refractivity contribution in [2.24, 2.45) is 0 Å². The average molecular weight is 534 g/mol. The summed E-state index contributed by atoms with van der Waals surface area (Å²) in [5, 5.41) is 11.2. The number of carbonyl (C=O) groups is 2. The van der Waals surface area contributed by atoms with E-state index in [1.165, 1.54) is 20.2 Å². The van der Waals surface area contributed by atoms with Crippen LogP contribution in [0.2, 0.25) is 0 Å². The molecule has 200 valence electrons. The van der Waals surface area contributed by atoms with E-state index < -0.39 is 11.5 Å². The number of pyridine rings is 2. The Bertz CT molecular complexity index is 1430. The largest absolute Gasteiger partial charge is 0.478 e. The summed E-state index contributed by atoms with van der Waals surface area (Å²) in [7, 11) is 4.57. The molecular formula is C26H32ClN3O7. The number of H-pyrrole nitrogens is 2. The van der Waals surface area contributed by atoms with Crippen molar-refractivity contribution in [3.8, 4) is 0 Å². The third-order valence-corrected chi connectivity index (χ3v) is 4.81. The monoisotopic (exact) mass is 533 g/mol. The van der Waals surface area contributed by atoms with Gasteiger partial charge in [-0.2, -0.15) is 0 Å². The fourth-order valence-electron chi connectivity index (χ4n) is 3.02. The Morgan fingerprint density at radius 1 is 0.865 bits per heavy atom. The number of hydroxylamine groups is 2. The van der Waals surface area contributed by atoms with Crippen molar-refractivity contribution in [2.75, 3.05) is 27.9 Å². The molecule has 11 heteroatoms. The van der Waals surface area contributed by atoms with Gasteiger partial charge in [0.15, 0.2) is 0 Å². The van der Waals surface area contributed by atoms with E-state index in [-0.39, 0.29) is 36.9 Å². The van der Waals surface area contributed by atoms with E-state index >= 15 is 0 Å². The van der Waals surface area contributed by atoms with Crippen LogP contribution < -0.4 is 11.1 Å². The molecule has 2 aromatic heterocycles. The predicted molar refractivity (Wildman–Crippen MR) is 147 cm³/mol. The van der Waals surface area contributed by atoms with Crippen LogP contribution >= 0.6 is 12.4 Å². The molecule has 2 heterocycles. The second-order valence-electron chi connectivity index (χ2n) is 7.05. The number of halogens is 1. The second kappa shape index (κ2) is 15.9. The fourth-order valence-corrected chi connectivity index (χ4v) is 3.02. The number of ether oxygens (including phenoxy) is 1. The summed E-state index contributed by atoms with van der Waals surface area (Å²) in [6.45, 7) is 2.78. The summed E-state index contributed by atoms with van der Waals surface area (Å²) >= 11 is 0. The number of hydrogen-bond donors (Lipinski definition) is 3. The van der Waals surface area contributed by atoms with Crippen molar-refractivity contribution in [3.05, 3.63) is 92.5 Å². The number of benzene rings is 2. The lowest BCUT2D eigenvalue weighted by molar-refractivity contribution is -0.0755. The number of nitrogens with zero attached hydrogens (tertiary/aromatic N) is 1. The summed E-state index contributed by atoms with van der Waals surface area (Å²) in [5.74, 6) is -1.44. The predicted octanol–water partition coefficient (Wildman–Crippen LogP) is 4.10. The van der Waals surface area contributed by atoms with Crippen LogP contribution in [-0.4, -0.2) is 59.9 Å². The third-order valence-electron chi connectivity index (χ3n) is 4.81. The Hall–Kier alpha value is -3.99. The number of carboxylic acids is 1. The molecule has 0 bridgehead atoms. The summed E-state index contributed by atoms with van der Waals surface area (Å²) in [6, 6.07) is 16.3. The van der Waals surface area contributed by atoms with Gasteiger partial charge in [-0.05, 0) is 19.1 Å². The molecule has 0 radical (unpaired) electrons. The molecule has 37 heavy (non-hydrogen) atoms. The maximum atomic E-state index is 12.0. The van der Waals surface area contributed by atoms with Crippen LogP contribution in [-0.2, 0) is 9.57 Å². The first-order chi connectivity index (χ1) is 16.7. The molecule has 0 saturated carbocycles. The number of nitrogens with one attached hydrogen (secondary N) is 2. The van der Waals surface area contributed by atoms with Crippen molar-refractivity contribution in [3.63, 3.8) is 0 Å². The zero-order chi connectivity index (χ0) is 26.0. The van der Waals surface area contributed by atoms with E-state index in [9.17, 15) is 19.2 Å². The highest BCUT2D eigenvalue weighted by atomic mass is 35.5. The number of fused-ring (bicyclic) bond motifs is 2. The molecule has 3 N–H and O–H groups in total. The van der Waals surface area contributed by atoms with Gasteiger partial charge in [-0.15, -0.1) is 12.4 Å². The molecule has 0 atom stereocenters. The quantitative estimate of drug-likeness (QED) is 0.335. The lowest BCUT2D eigenvalue weighted by Crippen LogP contribution is -2.26. The van der Waals surface area contributed by atoms with E-state index in [1.807, 2.05) is 13.0 Å². The summed E-state index contributed by atoms with van der Waals surface area (Å²) in [6.07, 6.45) is 0. The van der Waals surface area contributed by atoms with Gasteiger partial charge in [0.25, 0.3) is 5.91 Å². The molecule has 2 aromatic carbocycles. The van der Waals surface area contributed by atoms with Gasteiger partial charge >= 0.3 is 5.97 Å². The average Bonchev–Trinajstić information content (AvgIpc) is 2.87. The number of methoxy groups -OCH3 is 1. The number of rotatable bonds is 4. The van der Waals surface area contributed by atoms with Crippen LogP contribution in [0.25, 0.3) is 21.8 Å². The number of para-hydroxylation sites is 2. The van der Waals surface area contributed by atoms with Gasteiger partial charge in [-0.3, -0.25) is 19.2 Å². The van der Waals surface area contributed by atoms with Gasteiger partial charge in [0.2, 0.25) is 11.1 Å². The zero-order valence-electron chi connectivity index (χ0n) is 20.2. The lowest BCUT2D eigenvalue weighted by atomic mass is 10.1. The number of carboxylic acid groups (broad SMARTS) is 1. The highest BCUT2D eigenvalue weighted by molar-refractivity contribution is 6.05. The number of hydrogen-bond acceptors (Lipinski definition) is 6. The minimum absolute atomic E-state index is 0. The summed E-state index contributed by atoms with van der Waals surface area (Å²) in [4.78, 5) is 55.4. The highest BCUT2D eigenvalue weighted by Gasteiger charge is 2.15. The van der Waals surface area contributed by atoms with Crippen molar-refractivity contribution >= 4 is 46.1 Å².